The van der Waals surface area contributed by atoms with E-state index in [0.717, 1.165) is 32.5 Å². The Balaban J connectivity index is 2.25. The Morgan fingerprint density at radius 3 is 2.36 bits per heavy atom. The van der Waals surface area contributed by atoms with Crippen LogP contribution in [0.25, 0.3) is 0 Å². The molecule has 1 fully saturated rings. The first kappa shape index (κ1) is 18.7. The third-order valence-corrected chi connectivity index (χ3v) is 3.65. The van der Waals surface area contributed by atoms with Gasteiger partial charge in [-0.3, -0.25) is 0 Å². The van der Waals surface area contributed by atoms with E-state index in [4.69, 9.17) is 4.74 Å². The second-order valence-electron chi connectivity index (χ2n) is 6.94. The smallest absolute Gasteiger partial charge is 0.408 e. The number of hydrogen-bond acceptors (Lipinski definition) is 4. The number of likely N-dealkylation sites (tertiary alicyclic amines) is 1. The molecule has 128 valence electrons. The van der Waals surface area contributed by atoms with Crippen molar-refractivity contribution in [3.63, 3.8) is 0 Å². The number of carboxylic acid groups (broad SMARTS) is 1. The second kappa shape index (κ2) is 8.98. The van der Waals surface area contributed by atoms with Crippen LogP contribution in [0.1, 0.15) is 59.3 Å². The van der Waals surface area contributed by atoms with Gasteiger partial charge >= 0.3 is 12.1 Å². The molecule has 0 saturated carbocycles. The van der Waals surface area contributed by atoms with Crippen LogP contribution in [0.4, 0.5) is 4.79 Å². The van der Waals surface area contributed by atoms with Crippen molar-refractivity contribution in [3.05, 3.63) is 0 Å². The third-order valence-electron chi connectivity index (χ3n) is 3.65. The van der Waals surface area contributed by atoms with Crippen LogP contribution < -0.4 is 5.32 Å². The Kier molecular flexibility index (Phi) is 7.65. The minimum atomic E-state index is -1.01. The molecule has 1 atom stereocenters. The summed E-state index contributed by atoms with van der Waals surface area (Å²) < 4.78 is 5.10. The molecule has 0 aromatic carbocycles. The van der Waals surface area contributed by atoms with Crippen LogP contribution in [-0.2, 0) is 9.53 Å². The minimum Gasteiger partial charge on any atom is -0.480 e. The molecule has 0 bridgehead atoms. The summed E-state index contributed by atoms with van der Waals surface area (Å²) >= 11 is 0. The molecule has 1 heterocycles. The first-order valence-corrected chi connectivity index (χ1v) is 8.22. The maximum atomic E-state index is 11.6. The van der Waals surface area contributed by atoms with Crippen molar-refractivity contribution in [2.75, 3.05) is 19.6 Å². The van der Waals surface area contributed by atoms with Gasteiger partial charge in [-0.2, -0.15) is 0 Å². The van der Waals surface area contributed by atoms with Crippen molar-refractivity contribution < 1.29 is 19.4 Å². The Labute approximate surface area is 133 Å². The number of carbonyl (C=O) groups excluding carboxylic acids is 1. The lowest BCUT2D eigenvalue weighted by Gasteiger charge is -2.26. The monoisotopic (exact) mass is 314 g/mol. The summed E-state index contributed by atoms with van der Waals surface area (Å²) in [4.78, 5) is 25.3. The molecular formula is C16H30N2O4. The fourth-order valence-electron chi connectivity index (χ4n) is 2.57. The molecule has 0 radical (unpaired) electrons. The van der Waals surface area contributed by atoms with Crippen molar-refractivity contribution >= 4 is 12.1 Å². The zero-order valence-electron chi connectivity index (χ0n) is 14.1. The number of nitrogens with zero attached hydrogens (tertiary/aromatic N) is 1. The van der Waals surface area contributed by atoms with Crippen LogP contribution in [0.3, 0.4) is 0 Å². The number of aliphatic carboxylic acids is 1. The van der Waals surface area contributed by atoms with E-state index in [2.05, 4.69) is 10.2 Å². The molecule has 0 aliphatic carbocycles. The van der Waals surface area contributed by atoms with E-state index in [0.29, 0.717) is 6.42 Å². The topological polar surface area (TPSA) is 78.9 Å². The van der Waals surface area contributed by atoms with Crippen molar-refractivity contribution in [3.8, 4) is 0 Å². The summed E-state index contributed by atoms with van der Waals surface area (Å²) in [5.41, 5.74) is -0.624. The normalized spacial score (nSPS) is 17.8. The number of unbranched alkanes of at least 4 members (excludes halogenated alkanes) is 1. The van der Waals surface area contributed by atoms with Gasteiger partial charge in [-0.1, -0.05) is 6.42 Å². The van der Waals surface area contributed by atoms with E-state index >= 15 is 0 Å². The predicted octanol–water partition coefficient (Wildman–Crippen LogP) is 2.62. The largest absolute Gasteiger partial charge is 0.480 e. The summed E-state index contributed by atoms with van der Waals surface area (Å²) in [6.07, 6.45) is 5.34. The summed E-state index contributed by atoms with van der Waals surface area (Å²) in [6, 6.07) is -0.879. The third kappa shape index (κ3) is 8.22. The van der Waals surface area contributed by atoms with Gasteiger partial charge in [-0.05, 0) is 72.5 Å². The zero-order chi connectivity index (χ0) is 16.6. The Morgan fingerprint density at radius 2 is 1.82 bits per heavy atom. The molecule has 1 rings (SSSR count). The van der Waals surface area contributed by atoms with Gasteiger partial charge < -0.3 is 20.1 Å². The van der Waals surface area contributed by atoms with Crippen LogP contribution in [0.2, 0.25) is 0 Å². The van der Waals surface area contributed by atoms with Gasteiger partial charge in [0.15, 0.2) is 0 Å². The molecule has 0 spiro atoms. The fourth-order valence-corrected chi connectivity index (χ4v) is 2.57. The van der Waals surface area contributed by atoms with Gasteiger partial charge in [0.2, 0.25) is 0 Å². The summed E-state index contributed by atoms with van der Waals surface area (Å²) in [6.45, 7) is 8.57. The maximum Gasteiger partial charge on any atom is 0.408 e. The zero-order valence-corrected chi connectivity index (χ0v) is 14.1. The fraction of sp³-hybridized carbons (Fsp3) is 0.875. The highest BCUT2D eigenvalue weighted by molar-refractivity contribution is 5.79. The standard InChI is InChI=1S/C16H30N2O4/c1-16(2,3)22-15(21)17-13(14(19)20)9-5-8-12-18-10-6-4-7-11-18/h13H,4-12H2,1-3H3,(H,17,21)(H,19,20)/t13-/m0/s1. The second-order valence-corrected chi connectivity index (χ2v) is 6.94. The van der Waals surface area contributed by atoms with Crippen molar-refractivity contribution in [2.45, 2.75) is 70.9 Å². The first-order valence-electron chi connectivity index (χ1n) is 8.22. The Morgan fingerprint density at radius 1 is 1.18 bits per heavy atom. The van der Waals surface area contributed by atoms with Gasteiger partial charge in [0.1, 0.15) is 11.6 Å². The highest BCUT2D eigenvalue weighted by Gasteiger charge is 2.23. The number of carbonyl (C=O) groups is 2. The number of carboxylic acids is 1. The van der Waals surface area contributed by atoms with Crippen LogP contribution in [0.5, 0.6) is 0 Å². The highest BCUT2D eigenvalue weighted by Crippen LogP contribution is 2.11. The number of alkyl carbamates (subject to hydrolysis) is 1. The molecule has 0 unspecified atom stereocenters. The molecule has 1 aliphatic rings. The van der Waals surface area contributed by atoms with Crippen molar-refractivity contribution in [1.82, 2.24) is 10.2 Å². The average Bonchev–Trinajstić information content (AvgIpc) is 2.41. The first-order chi connectivity index (χ1) is 10.3. The molecule has 1 amide bonds. The molecule has 1 aliphatic heterocycles. The highest BCUT2D eigenvalue weighted by atomic mass is 16.6. The summed E-state index contributed by atoms with van der Waals surface area (Å²) in [7, 11) is 0. The van der Waals surface area contributed by atoms with E-state index < -0.39 is 23.7 Å². The molecule has 0 aromatic heterocycles. The van der Waals surface area contributed by atoms with Crippen LogP contribution >= 0.6 is 0 Å². The number of ether oxygens (including phenoxy) is 1. The quantitative estimate of drug-likeness (QED) is 0.706. The molecule has 2 N–H and O–H groups in total. The van der Waals surface area contributed by atoms with Gasteiger partial charge in [-0.25, -0.2) is 9.59 Å². The van der Waals surface area contributed by atoms with E-state index in [9.17, 15) is 14.7 Å². The van der Waals surface area contributed by atoms with Gasteiger partial charge in [0, 0.05) is 0 Å². The van der Waals surface area contributed by atoms with Crippen LogP contribution in [0, 0.1) is 0 Å². The van der Waals surface area contributed by atoms with E-state index in [-0.39, 0.29) is 0 Å². The Bertz CT molecular complexity index is 360. The van der Waals surface area contributed by atoms with Gasteiger partial charge in [0.05, 0.1) is 0 Å². The molecule has 0 aromatic rings. The lowest BCUT2D eigenvalue weighted by Crippen LogP contribution is -2.43. The predicted molar refractivity (Wildman–Crippen MR) is 84.9 cm³/mol. The average molecular weight is 314 g/mol. The number of amides is 1. The van der Waals surface area contributed by atoms with Crippen molar-refractivity contribution in [1.29, 1.82) is 0 Å². The minimum absolute atomic E-state index is 0.433. The van der Waals surface area contributed by atoms with Crippen LogP contribution in [0.15, 0.2) is 0 Å². The van der Waals surface area contributed by atoms with E-state index in [1.807, 2.05) is 0 Å². The van der Waals surface area contributed by atoms with Gasteiger partial charge in [0.25, 0.3) is 0 Å². The molecule has 22 heavy (non-hydrogen) atoms. The van der Waals surface area contributed by atoms with E-state index in [1.54, 1.807) is 20.8 Å². The Hall–Kier alpha value is -1.30. The SMILES string of the molecule is CC(C)(C)OC(=O)N[C@@H](CCCCN1CCCCC1)C(=O)O. The van der Waals surface area contributed by atoms with Gasteiger partial charge in [-0.15, -0.1) is 0 Å². The lowest BCUT2D eigenvalue weighted by atomic mass is 10.1. The molecule has 6 heteroatoms. The number of hydrogen-bond donors (Lipinski definition) is 2. The number of rotatable bonds is 7. The molecule has 1 saturated heterocycles. The number of nitrogens with one attached hydrogen (secondary N) is 1. The maximum absolute atomic E-state index is 11.6. The lowest BCUT2D eigenvalue weighted by molar-refractivity contribution is -0.139. The van der Waals surface area contributed by atoms with Crippen molar-refractivity contribution in [2.24, 2.45) is 0 Å². The van der Waals surface area contributed by atoms with Crippen LogP contribution in [-0.4, -0.2) is 53.3 Å². The molecule has 6 nitrogen and oxygen atoms in total. The number of piperidine rings is 1. The van der Waals surface area contributed by atoms with E-state index in [1.165, 1.54) is 19.3 Å². The summed E-state index contributed by atoms with van der Waals surface area (Å²) in [5, 5.41) is 11.6. The summed E-state index contributed by atoms with van der Waals surface area (Å²) in [5.74, 6) is -1.01. The molecular weight excluding hydrogens is 284 g/mol.